The molecule has 0 aromatic heterocycles. The lowest BCUT2D eigenvalue weighted by molar-refractivity contribution is -0.111. The first-order valence-corrected chi connectivity index (χ1v) is 7.51. The lowest BCUT2D eigenvalue weighted by Gasteiger charge is -2.27. The second kappa shape index (κ2) is 8.24. The van der Waals surface area contributed by atoms with Crippen LogP contribution in [0.5, 0.6) is 0 Å². The fourth-order valence-electron chi connectivity index (χ4n) is 1.25. The van der Waals surface area contributed by atoms with Gasteiger partial charge in [-0.05, 0) is 32.4 Å². The molecule has 0 heterocycles. The first-order valence-electron chi connectivity index (χ1n) is 5.20. The summed E-state index contributed by atoms with van der Waals surface area (Å²) >= 11 is 5.30. The van der Waals surface area contributed by atoms with E-state index in [2.05, 4.69) is 0 Å². The fraction of sp³-hybridized carbons (Fsp3) is 0.889. The zero-order valence-electron chi connectivity index (χ0n) is 9.55. The Morgan fingerprint density at radius 3 is 1.73 bits per heavy atom. The second-order valence-electron chi connectivity index (χ2n) is 2.84. The fourth-order valence-corrected chi connectivity index (χ4v) is 4.04. The summed E-state index contributed by atoms with van der Waals surface area (Å²) in [6, 6.07) is 0.449. The van der Waals surface area contributed by atoms with Crippen molar-refractivity contribution in [3.63, 3.8) is 0 Å². The Bertz CT molecular complexity index is 172. The topological polar surface area (TPSA) is 44.8 Å². The average Bonchev–Trinajstić information content (AvgIpc) is 2.16. The molecule has 0 N–H and O–H groups in total. The van der Waals surface area contributed by atoms with E-state index in [1.54, 1.807) is 0 Å². The van der Waals surface area contributed by atoms with Crippen molar-refractivity contribution in [1.29, 1.82) is 0 Å². The molecule has 0 saturated carbocycles. The Morgan fingerprint density at radius 2 is 1.47 bits per heavy atom. The molecule has 0 aromatic carbocycles. The zero-order chi connectivity index (χ0) is 11.7. The summed E-state index contributed by atoms with van der Waals surface area (Å²) in [5.41, 5.74) is 0. The molecule has 0 aliphatic heterocycles. The molecule has 0 atom stereocenters. The number of rotatable bonds is 9. The van der Waals surface area contributed by atoms with Crippen LogP contribution in [0.2, 0.25) is 6.04 Å². The smallest absolute Gasteiger partial charge is 0.374 e. The largest absolute Gasteiger partial charge is 0.501 e. The molecule has 0 rings (SSSR count). The summed E-state index contributed by atoms with van der Waals surface area (Å²) in [6.07, 6.45) is 0.230. The summed E-state index contributed by atoms with van der Waals surface area (Å²) < 4.78 is 16.6. The summed E-state index contributed by atoms with van der Waals surface area (Å²) in [6.45, 7) is 7.18. The van der Waals surface area contributed by atoms with Crippen LogP contribution in [0.1, 0.15) is 27.2 Å². The van der Waals surface area contributed by atoms with Crippen LogP contribution in [0.3, 0.4) is 0 Å². The van der Waals surface area contributed by atoms with Gasteiger partial charge in [0.2, 0.25) is 5.24 Å². The van der Waals surface area contributed by atoms with Crippen molar-refractivity contribution in [1.82, 2.24) is 0 Å². The highest BCUT2D eigenvalue weighted by Crippen LogP contribution is 2.18. The molecule has 0 aliphatic rings. The lowest BCUT2D eigenvalue weighted by atomic mass is 10.5. The van der Waals surface area contributed by atoms with Crippen LogP contribution >= 0.6 is 11.6 Å². The van der Waals surface area contributed by atoms with Gasteiger partial charge in [-0.2, -0.15) is 0 Å². The van der Waals surface area contributed by atoms with Crippen molar-refractivity contribution < 1.29 is 18.1 Å². The Kier molecular flexibility index (Phi) is 8.27. The van der Waals surface area contributed by atoms with Crippen molar-refractivity contribution >= 4 is 25.6 Å². The van der Waals surface area contributed by atoms with Gasteiger partial charge in [0.15, 0.2) is 0 Å². The van der Waals surface area contributed by atoms with Crippen LogP contribution in [0.4, 0.5) is 0 Å². The monoisotopic (exact) mass is 254 g/mol. The number of carbonyl (C=O) groups excluding carboxylic acids is 1. The highest BCUT2D eigenvalue weighted by molar-refractivity contribution is 6.66. The number of hydrogen-bond acceptors (Lipinski definition) is 4. The molecule has 90 valence electrons. The van der Waals surface area contributed by atoms with Crippen molar-refractivity contribution in [2.75, 3.05) is 19.8 Å². The molecular weight excluding hydrogens is 236 g/mol. The summed E-state index contributed by atoms with van der Waals surface area (Å²) in [7, 11) is -2.66. The minimum atomic E-state index is -2.66. The number of hydrogen-bond donors (Lipinski definition) is 0. The third-order valence-corrected chi connectivity index (χ3v) is 4.96. The molecule has 0 aromatic rings. The first-order chi connectivity index (χ1) is 7.10. The Labute approximate surface area is 97.2 Å². The Morgan fingerprint density at radius 1 is 1.07 bits per heavy atom. The maximum absolute atomic E-state index is 10.7. The van der Waals surface area contributed by atoms with Crippen molar-refractivity contribution in [2.24, 2.45) is 0 Å². The van der Waals surface area contributed by atoms with Gasteiger partial charge < -0.3 is 13.3 Å². The van der Waals surface area contributed by atoms with E-state index in [0.29, 0.717) is 25.9 Å². The molecule has 0 bridgehead atoms. The van der Waals surface area contributed by atoms with Crippen LogP contribution < -0.4 is 0 Å². The van der Waals surface area contributed by atoms with E-state index in [-0.39, 0.29) is 11.7 Å². The molecule has 0 radical (unpaired) electrons. The molecule has 6 heteroatoms. The summed E-state index contributed by atoms with van der Waals surface area (Å²) in [4.78, 5) is 10.7. The highest BCUT2D eigenvalue weighted by Gasteiger charge is 2.40. The average molecular weight is 255 g/mol. The van der Waals surface area contributed by atoms with Crippen LogP contribution in [0.25, 0.3) is 0 Å². The van der Waals surface area contributed by atoms with E-state index < -0.39 is 8.80 Å². The van der Waals surface area contributed by atoms with Crippen molar-refractivity contribution in [2.45, 2.75) is 33.2 Å². The van der Waals surface area contributed by atoms with Gasteiger partial charge in [0.1, 0.15) is 0 Å². The van der Waals surface area contributed by atoms with E-state index in [0.717, 1.165) is 0 Å². The van der Waals surface area contributed by atoms with Crippen molar-refractivity contribution in [3.8, 4) is 0 Å². The van der Waals surface area contributed by atoms with Gasteiger partial charge in [-0.15, -0.1) is 0 Å². The van der Waals surface area contributed by atoms with Crippen molar-refractivity contribution in [3.05, 3.63) is 0 Å². The lowest BCUT2D eigenvalue weighted by Crippen LogP contribution is -2.46. The summed E-state index contributed by atoms with van der Waals surface area (Å²) in [5, 5.41) is -0.383. The Balaban J connectivity index is 4.37. The van der Waals surface area contributed by atoms with E-state index in [1.165, 1.54) is 0 Å². The van der Waals surface area contributed by atoms with E-state index in [1.807, 2.05) is 20.8 Å². The molecule has 0 spiro atoms. The molecule has 0 aliphatic carbocycles. The van der Waals surface area contributed by atoms with E-state index in [9.17, 15) is 4.79 Å². The zero-order valence-corrected chi connectivity index (χ0v) is 11.3. The second-order valence-corrected chi connectivity index (χ2v) is 5.99. The van der Waals surface area contributed by atoms with Gasteiger partial charge in [0.05, 0.1) is 0 Å². The molecule has 0 saturated heterocycles. The van der Waals surface area contributed by atoms with Crippen LogP contribution in [-0.4, -0.2) is 33.9 Å². The first kappa shape index (κ1) is 15.1. The van der Waals surface area contributed by atoms with Gasteiger partial charge in [-0.1, -0.05) is 0 Å². The predicted octanol–water partition coefficient (Wildman–Crippen LogP) is 2.19. The van der Waals surface area contributed by atoms with Gasteiger partial charge in [0, 0.05) is 32.3 Å². The van der Waals surface area contributed by atoms with E-state index in [4.69, 9.17) is 24.9 Å². The van der Waals surface area contributed by atoms with E-state index >= 15 is 0 Å². The number of carbonyl (C=O) groups is 1. The Hall–Kier alpha value is 0.0569. The van der Waals surface area contributed by atoms with Gasteiger partial charge in [0.25, 0.3) is 0 Å². The molecule has 4 nitrogen and oxygen atoms in total. The molecule has 0 fully saturated rings. The third-order valence-electron chi connectivity index (χ3n) is 1.72. The van der Waals surface area contributed by atoms with Crippen LogP contribution in [0, 0.1) is 0 Å². The number of halogens is 1. The normalized spacial score (nSPS) is 11.7. The van der Waals surface area contributed by atoms with Gasteiger partial charge in [-0.3, -0.25) is 4.79 Å². The quantitative estimate of drug-likeness (QED) is 0.467. The van der Waals surface area contributed by atoms with Crippen LogP contribution in [-0.2, 0) is 18.1 Å². The maximum atomic E-state index is 10.7. The van der Waals surface area contributed by atoms with Crippen LogP contribution in [0.15, 0.2) is 0 Å². The van der Waals surface area contributed by atoms with Gasteiger partial charge in [-0.25, -0.2) is 0 Å². The maximum Gasteiger partial charge on any atom is 0.501 e. The summed E-state index contributed by atoms with van der Waals surface area (Å²) in [5.74, 6) is 0. The molecule has 0 amide bonds. The molecule has 0 unspecified atom stereocenters. The highest BCUT2D eigenvalue weighted by atomic mass is 35.5. The van der Waals surface area contributed by atoms with Gasteiger partial charge >= 0.3 is 8.80 Å². The minimum Gasteiger partial charge on any atom is -0.374 e. The minimum absolute atomic E-state index is 0.230. The molecular formula is C9H19ClO4Si. The SMILES string of the molecule is CCO[Si](CCC(=O)Cl)(OCC)OCC. The molecule has 15 heavy (non-hydrogen) atoms. The third kappa shape index (κ3) is 6.27. The standard InChI is InChI=1S/C9H19ClO4Si/c1-4-12-15(13-5-2,14-6-3)8-7-9(10)11/h4-8H2,1-3H3. The predicted molar refractivity (Wildman–Crippen MR) is 60.9 cm³/mol.